The summed E-state index contributed by atoms with van der Waals surface area (Å²) < 4.78 is 11.5. The molecule has 3 aromatic carbocycles. The van der Waals surface area contributed by atoms with E-state index in [0.717, 1.165) is 22.0 Å². The molecule has 0 aliphatic rings. The number of para-hydroxylation sites is 2. The van der Waals surface area contributed by atoms with Crippen LogP contribution in [0.2, 0.25) is 5.02 Å². The number of rotatable bonds is 3. The van der Waals surface area contributed by atoms with Crippen molar-refractivity contribution in [3.8, 4) is 17.0 Å². The maximum Gasteiger partial charge on any atom is 0.348 e. The minimum Gasteiger partial charge on any atom is -0.493 e. The van der Waals surface area contributed by atoms with E-state index in [1.807, 2.05) is 48.5 Å². The lowest BCUT2D eigenvalue weighted by Gasteiger charge is -2.07. The van der Waals surface area contributed by atoms with Crippen LogP contribution < -0.4 is 15.6 Å². The maximum atomic E-state index is 12.7. The van der Waals surface area contributed by atoms with Gasteiger partial charge in [-0.05, 0) is 48.5 Å². The van der Waals surface area contributed by atoms with Gasteiger partial charge in [0.2, 0.25) is 5.55 Å². The first kappa shape index (κ1) is 19.9. The molecular weight excluding hydrogens is 426 g/mol. The van der Waals surface area contributed by atoms with Gasteiger partial charge in [-0.25, -0.2) is 4.79 Å². The molecule has 2 aromatic heterocycles. The van der Waals surface area contributed by atoms with Gasteiger partial charge in [-0.15, -0.1) is 0 Å². The number of halogens is 1. The van der Waals surface area contributed by atoms with Crippen molar-refractivity contribution >= 4 is 45.2 Å². The molecule has 32 heavy (non-hydrogen) atoms. The van der Waals surface area contributed by atoms with E-state index in [0.29, 0.717) is 27.6 Å². The van der Waals surface area contributed by atoms with Crippen molar-refractivity contribution in [3.05, 3.63) is 89.4 Å². The van der Waals surface area contributed by atoms with Gasteiger partial charge in [0.25, 0.3) is 0 Å². The lowest BCUT2D eigenvalue weighted by atomic mass is 10.1. The van der Waals surface area contributed by atoms with E-state index in [1.165, 1.54) is 0 Å². The van der Waals surface area contributed by atoms with Gasteiger partial charge in [-0.3, -0.25) is 0 Å². The predicted molar refractivity (Wildman–Crippen MR) is 126 cm³/mol. The highest BCUT2D eigenvalue weighted by Gasteiger charge is 2.13. The van der Waals surface area contributed by atoms with Crippen LogP contribution in [0.5, 0.6) is 5.75 Å². The summed E-state index contributed by atoms with van der Waals surface area (Å²) >= 11 is 5.92. The van der Waals surface area contributed by atoms with Crippen LogP contribution in [0.1, 0.15) is 0 Å². The van der Waals surface area contributed by atoms with E-state index in [-0.39, 0.29) is 5.55 Å². The number of amides is 2. The van der Waals surface area contributed by atoms with Gasteiger partial charge in [0.15, 0.2) is 11.3 Å². The van der Waals surface area contributed by atoms with Gasteiger partial charge in [0, 0.05) is 27.0 Å². The molecule has 158 valence electrons. The van der Waals surface area contributed by atoms with Crippen molar-refractivity contribution in [2.75, 3.05) is 12.4 Å². The number of carbonyl (C=O) groups excluding carboxylic acids is 1. The highest BCUT2D eigenvalue weighted by Crippen LogP contribution is 2.29. The minimum atomic E-state index is -0.567. The SMILES string of the molecule is COc1cccc2cc(-c3cc4ccccc4[nH]3)/c(=N/C(=O)Nc3ccc(Cl)cc3)oc12. The van der Waals surface area contributed by atoms with Gasteiger partial charge in [0.05, 0.1) is 18.4 Å². The highest BCUT2D eigenvalue weighted by molar-refractivity contribution is 6.30. The van der Waals surface area contributed by atoms with E-state index in [2.05, 4.69) is 15.3 Å². The Bertz CT molecular complexity index is 1480. The second kappa shape index (κ2) is 8.24. The number of nitrogens with zero attached hydrogens (tertiary/aromatic N) is 1. The number of nitrogens with one attached hydrogen (secondary N) is 2. The number of aromatic nitrogens is 1. The smallest absolute Gasteiger partial charge is 0.348 e. The summed E-state index contributed by atoms with van der Waals surface area (Å²) in [5.74, 6) is 0.556. The van der Waals surface area contributed by atoms with Gasteiger partial charge in [-0.1, -0.05) is 41.9 Å². The topological polar surface area (TPSA) is 79.6 Å². The van der Waals surface area contributed by atoms with Crippen LogP contribution in [0.25, 0.3) is 33.1 Å². The molecule has 2 amide bonds. The Morgan fingerprint density at radius 2 is 1.78 bits per heavy atom. The first-order valence-corrected chi connectivity index (χ1v) is 10.3. The lowest BCUT2D eigenvalue weighted by Crippen LogP contribution is -2.14. The lowest BCUT2D eigenvalue weighted by molar-refractivity contribution is 0.258. The van der Waals surface area contributed by atoms with Gasteiger partial charge in [-0.2, -0.15) is 4.99 Å². The molecular formula is C25H18ClN3O3. The summed E-state index contributed by atoms with van der Waals surface area (Å²) in [6, 6.07) is 23.7. The molecule has 0 fully saturated rings. The van der Waals surface area contributed by atoms with Crippen LogP contribution in [-0.4, -0.2) is 18.1 Å². The van der Waals surface area contributed by atoms with Gasteiger partial charge < -0.3 is 19.5 Å². The third-order valence-electron chi connectivity index (χ3n) is 5.08. The quantitative estimate of drug-likeness (QED) is 0.339. The normalized spacial score (nSPS) is 11.8. The molecule has 0 bridgehead atoms. The first-order valence-electron chi connectivity index (χ1n) is 9.91. The number of hydrogen-bond acceptors (Lipinski definition) is 3. The Morgan fingerprint density at radius 1 is 1.00 bits per heavy atom. The second-order valence-electron chi connectivity index (χ2n) is 7.16. The molecule has 0 aliphatic heterocycles. The zero-order chi connectivity index (χ0) is 22.1. The van der Waals surface area contributed by atoms with E-state index in [9.17, 15) is 4.79 Å². The number of fused-ring (bicyclic) bond motifs is 2. The van der Waals surface area contributed by atoms with E-state index >= 15 is 0 Å². The third kappa shape index (κ3) is 3.84. The zero-order valence-electron chi connectivity index (χ0n) is 17.1. The van der Waals surface area contributed by atoms with Crippen LogP contribution in [0, 0.1) is 0 Å². The van der Waals surface area contributed by atoms with Crippen LogP contribution in [0.15, 0.2) is 88.3 Å². The summed E-state index contributed by atoms with van der Waals surface area (Å²) in [5, 5.41) is 5.19. The molecule has 0 unspecified atom stereocenters. The van der Waals surface area contributed by atoms with Crippen LogP contribution in [0.4, 0.5) is 10.5 Å². The number of anilines is 1. The number of aromatic amines is 1. The van der Waals surface area contributed by atoms with E-state index < -0.39 is 6.03 Å². The molecule has 2 heterocycles. The number of H-pyrrole nitrogens is 1. The monoisotopic (exact) mass is 443 g/mol. The molecule has 7 heteroatoms. The first-order chi connectivity index (χ1) is 15.6. The zero-order valence-corrected chi connectivity index (χ0v) is 17.8. The van der Waals surface area contributed by atoms with Crippen molar-refractivity contribution in [2.24, 2.45) is 4.99 Å². The number of hydrogen-bond donors (Lipinski definition) is 2. The molecule has 2 N–H and O–H groups in total. The van der Waals surface area contributed by atoms with Crippen molar-refractivity contribution in [1.82, 2.24) is 4.98 Å². The molecule has 0 spiro atoms. The van der Waals surface area contributed by atoms with Crippen molar-refractivity contribution in [3.63, 3.8) is 0 Å². The Balaban J connectivity index is 1.67. The summed E-state index contributed by atoms with van der Waals surface area (Å²) in [4.78, 5) is 20.3. The molecule has 0 radical (unpaired) electrons. The summed E-state index contributed by atoms with van der Waals surface area (Å²) in [5.41, 5.74) is 3.68. The molecule has 6 nitrogen and oxygen atoms in total. The molecule has 5 aromatic rings. The van der Waals surface area contributed by atoms with Crippen LogP contribution in [0.3, 0.4) is 0 Å². The Hall–Kier alpha value is -4.03. The average molecular weight is 444 g/mol. The summed E-state index contributed by atoms with van der Waals surface area (Å²) in [7, 11) is 1.57. The Kier molecular flexibility index (Phi) is 5.13. The number of urea groups is 1. The molecule has 0 saturated carbocycles. The Morgan fingerprint density at radius 3 is 2.56 bits per heavy atom. The fraction of sp³-hybridized carbons (Fsp3) is 0.0400. The predicted octanol–water partition coefficient (Wildman–Crippen LogP) is 6.38. The van der Waals surface area contributed by atoms with Crippen molar-refractivity contribution in [2.45, 2.75) is 0 Å². The van der Waals surface area contributed by atoms with Gasteiger partial charge in [0.1, 0.15) is 0 Å². The van der Waals surface area contributed by atoms with Crippen molar-refractivity contribution in [1.29, 1.82) is 0 Å². The molecule has 0 atom stereocenters. The highest BCUT2D eigenvalue weighted by atomic mass is 35.5. The summed E-state index contributed by atoms with van der Waals surface area (Å²) in [6.45, 7) is 0. The minimum absolute atomic E-state index is 0.167. The third-order valence-corrected chi connectivity index (χ3v) is 5.33. The standard InChI is InChI=1S/C25H18ClN3O3/c1-31-22-8-4-6-16-13-19(21-14-15-5-2-3-7-20(15)28-21)24(32-23(16)22)29-25(30)27-18-11-9-17(26)10-12-18/h2-14,28H,1H3,(H,27,30)/b29-24-. The molecule has 0 aliphatic carbocycles. The van der Waals surface area contributed by atoms with E-state index in [4.69, 9.17) is 20.8 Å². The average Bonchev–Trinajstić information content (AvgIpc) is 3.24. The maximum absolute atomic E-state index is 12.7. The molecule has 0 saturated heterocycles. The summed E-state index contributed by atoms with van der Waals surface area (Å²) in [6.07, 6.45) is 0. The van der Waals surface area contributed by atoms with Crippen LogP contribution >= 0.6 is 11.6 Å². The number of carbonyl (C=O) groups is 1. The molecule has 5 rings (SSSR count). The fourth-order valence-corrected chi connectivity index (χ4v) is 3.68. The Labute approximate surface area is 188 Å². The number of methoxy groups -OCH3 is 1. The fourth-order valence-electron chi connectivity index (χ4n) is 3.56. The van der Waals surface area contributed by atoms with Crippen LogP contribution in [-0.2, 0) is 0 Å². The number of ether oxygens (including phenoxy) is 1. The number of benzene rings is 3. The van der Waals surface area contributed by atoms with Crippen molar-refractivity contribution < 1.29 is 13.9 Å². The second-order valence-corrected chi connectivity index (χ2v) is 7.60. The van der Waals surface area contributed by atoms with Gasteiger partial charge >= 0.3 is 6.03 Å². The largest absolute Gasteiger partial charge is 0.493 e. The van der Waals surface area contributed by atoms with E-state index in [1.54, 1.807) is 37.4 Å².